The molecule has 1 atom stereocenters. The van der Waals surface area contributed by atoms with Gasteiger partial charge in [-0.2, -0.15) is 0 Å². The Kier molecular flexibility index (Phi) is 6.46. The summed E-state index contributed by atoms with van der Waals surface area (Å²) in [6.45, 7) is 7.76. The summed E-state index contributed by atoms with van der Waals surface area (Å²) in [4.78, 5) is 25.2. The van der Waals surface area contributed by atoms with Gasteiger partial charge in [-0.3, -0.25) is 9.69 Å². The Morgan fingerprint density at radius 3 is 2.72 bits per heavy atom. The molecule has 2 rings (SSSR count). The van der Waals surface area contributed by atoms with Gasteiger partial charge in [-0.1, -0.05) is 13.0 Å². The first kappa shape index (κ1) is 19.3. The molecule has 1 aliphatic rings. The van der Waals surface area contributed by atoms with Gasteiger partial charge in [0.2, 0.25) is 0 Å². The third-order valence-electron chi connectivity index (χ3n) is 3.73. The van der Waals surface area contributed by atoms with Crippen LogP contribution in [0.1, 0.15) is 25.8 Å². The van der Waals surface area contributed by atoms with E-state index in [0.717, 1.165) is 20.5 Å². The lowest BCUT2D eigenvalue weighted by atomic mass is 10.1. The molecule has 0 aliphatic carbocycles. The Labute approximate surface area is 161 Å². The van der Waals surface area contributed by atoms with Crippen molar-refractivity contribution in [2.75, 3.05) is 13.7 Å². The number of rotatable bonds is 7. The van der Waals surface area contributed by atoms with Gasteiger partial charge in [-0.05, 0) is 59.7 Å². The number of hydrogen-bond donors (Lipinski definition) is 1. The Morgan fingerprint density at radius 1 is 1.40 bits per heavy atom. The third-order valence-corrected chi connectivity index (χ3v) is 4.53. The number of urea groups is 1. The standard InChI is InChI=1S/C18H21IN2O4/c1-5-7-21-17(22)14(20-18(21)23)9-12-8-13(19)16(15(10-12)24-4)25-11(3)6-2/h5,8-11H,1,6-7H2,2-4H3,(H,20,23)/b14-9+/t11-/m0/s1. The molecule has 1 N–H and O–H groups in total. The quantitative estimate of drug-likeness (QED) is 0.295. The van der Waals surface area contributed by atoms with Crippen molar-refractivity contribution in [2.45, 2.75) is 26.4 Å². The molecule has 1 fully saturated rings. The first-order valence-electron chi connectivity index (χ1n) is 7.90. The van der Waals surface area contributed by atoms with E-state index in [-0.39, 0.29) is 24.3 Å². The molecule has 0 radical (unpaired) electrons. The van der Waals surface area contributed by atoms with Crippen LogP contribution in [0.15, 0.2) is 30.5 Å². The van der Waals surface area contributed by atoms with Crippen molar-refractivity contribution in [3.05, 3.63) is 39.6 Å². The van der Waals surface area contributed by atoms with Crippen LogP contribution in [0.4, 0.5) is 4.79 Å². The van der Waals surface area contributed by atoms with Crippen LogP contribution in [0.3, 0.4) is 0 Å². The Morgan fingerprint density at radius 2 is 2.12 bits per heavy atom. The Bertz CT molecular complexity index is 730. The molecule has 0 saturated carbocycles. The van der Waals surface area contributed by atoms with Gasteiger partial charge in [0.1, 0.15) is 5.70 Å². The highest BCUT2D eigenvalue weighted by Gasteiger charge is 2.32. The maximum atomic E-state index is 12.3. The smallest absolute Gasteiger partial charge is 0.329 e. The molecule has 1 aromatic rings. The van der Waals surface area contributed by atoms with E-state index in [0.29, 0.717) is 11.5 Å². The summed E-state index contributed by atoms with van der Waals surface area (Å²) < 4.78 is 12.2. The summed E-state index contributed by atoms with van der Waals surface area (Å²) in [5.41, 5.74) is 0.960. The monoisotopic (exact) mass is 456 g/mol. The zero-order valence-electron chi connectivity index (χ0n) is 14.5. The van der Waals surface area contributed by atoms with E-state index in [4.69, 9.17) is 9.47 Å². The second kappa shape index (κ2) is 8.37. The number of imide groups is 1. The molecule has 0 spiro atoms. The lowest BCUT2D eigenvalue weighted by Gasteiger charge is -2.17. The summed E-state index contributed by atoms with van der Waals surface area (Å²) >= 11 is 2.17. The second-order valence-corrected chi connectivity index (χ2v) is 6.73. The normalized spacial score (nSPS) is 16.8. The van der Waals surface area contributed by atoms with Crippen LogP contribution in [0, 0.1) is 3.57 Å². The van der Waals surface area contributed by atoms with Gasteiger partial charge in [0.25, 0.3) is 5.91 Å². The summed E-state index contributed by atoms with van der Waals surface area (Å²) in [5.74, 6) is 0.882. The van der Waals surface area contributed by atoms with Gasteiger partial charge in [0.15, 0.2) is 11.5 Å². The molecule has 134 valence electrons. The molecular formula is C18H21IN2O4. The fourth-order valence-corrected chi connectivity index (χ4v) is 3.01. The van der Waals surface area contributed by atoms with Gasteiger partial charge in [0, 0.05) is 6.54 Å². The number of carbonyl (C=O) groups is 2. The average Bonchev–Trinajstić information content (AvgIpc) is 2.84. The van der Waals surface area contributed by atoms with E-state index in [1.807, 2.05) is 19.9 Å². The van der Waals surface area contributed by atoms with E-state index in [9.17, 15) is 9.59 Å². The predicted molar refractivity (Wildman–Crippen MR) is 105 cm³/mol. The fraction of sp³-hybridized carbons (Fsp3) is 0.333. The van der Waals surface area contributed by atoms with Crippen molar-refractivity contribution in [3.8, 4) is 11.5 Å². The van der Waals surface area contributed by atoms with Crippen molar-refractivity contribution in [1.82, 2.24) is 10.2 Å². The van der Waals surface area contributed by atoms with Crippen molar-refractivity contribution in [1.29, 1.82) is 0 Å². The topological polar surface area (TPSA) is 67.9 Å². The molecule has 3 amide bonds. The van der Waals surface area contributed by atoms with Crippen LogP contribution in [0.2, 0.25) is 0 Å². The third kappa shape index (κ3) is 4.33. The highest BCUT2D eigenvalue weighted by molar-refractivity contribution is 14.1. The maximum absolute atomic E-state index is 12.3. The number of methoxy groups -OCH3 is 1. The number of benzene rings is 1. The Hall–Kier alpha value is -2.03. The van der Waals surface area contributed by atoms with Crippen molar-refractivity contribution in [3.63, 3.8) is 0 Å². The van der Waals surface area contributed by atoms with Crippen LogP contribution in [0.25, 0.3) is 6.08 Å². The molecule has 1 saturated heterocycles. The van der Waals surface area contributed by atoms with Gasteiger partial charge in [-0.15, -0.1) is 6.58 Å². The van der Waals surface area contributed by atoms with Crippen molar-refractivity contribution >= 4 is 40.6 Å². The SMILES string of the molecule is C=CCN1C(=O)N/C(=C/c2cc(I)c(O[C@@H](C)CC)c(OC)c2)C1=O. The molecule has 1 aliphatic heterocycles. The fourth-order valence-electron chi connectivity index (χ4n) is 2.26. The lowest BCUT2D eigenvalue weighted by Crippen LogP contribution is -2.30. The van der Waals surface area contributed by atoms with Crippen molar-refractivity contribution < 1.29 is 19.1 Å². The molecule has 1 aromatic carbocycles. The lowest BCUT2D eigenvalue weighted by molar-refractivity contribution is -0.122. The molecule has 25 heavy (non-hydrogen) atoms. The molecule has 0 bridgehead atoms. The van der Waals surface area contributed by atoms with Crippen LogP contribution in [-0.4, -0.2) is 36.6 Å². The first-order valence-corrected chi connectivity index (χ1v) is 8.98. The highest BCUT2D eigenvalue weighted by atomic mass is 127. The number of ether oxygens (including phenoxy) is 2. The first-order chi connectivity index (χ1) is 11.9. The zero-order chi connectivity index (χ0) is 18.6. The summed E-state index contributed by atoms with van der Waals surface area (Å²) in [5, 5.41) is 2.58. The molecule has 1 heterocycles. The largest absolute Gasteiger partial charge is 0.493 e. The zero-order valence-corrected chi connectivity index (χ0v) is 16.6. The number of amides is 3. The minimum absolute atomic E-state index is 0.0646. The van der Waals surface area contributed by atoms with Gasteiger partial charge >= 0.3 is 6.03 Å². The number of halogens is 1. The van der Waals surface area contributed by atoms with Crippen LogP contribution < -0.4 is 14.8 Å². The van der Waals surface area contributed by atoms with E-state index >= 15 is 0 Å². The Balaban J connectivity index is 2.35. The van der Waals surface area contributed by atoms with E-state index in [1.165, 1.54) is 6.08 Å². The van der Waals surface area contributed by atoms with E-state index in [1.54, 1.807) is 19.3 Å². The minimum Gasteiger partial charge on any atom is -0.493 e. The van der Waals surface area contributed by atoms with E-state index < -0.39 is 6.03 Å². The summed E-state index contributed by atoms with van der Waals surface area (Å²) in [7, 11) is 1.57. The van der Waals surface area contributed by atoms with Crippen LogP contribution in [-0.2, 0) is 4.79 Å². The number of nitrogens with one attached hydrogen (secondary N) is 1. The second-order valence-electron chi connectivity index (χ2n) is 5.56. The van der Waals surface area contributed by atoms with Gasteiger partial charge in [-0.25, -0.2) is 4.79 Å². The number of nitrogens with zero attached hydrogens (tertiary/aromatic N) is 1. The van der Waals surface area contributed by atoms with Crippen molar-refractivity contribution in [2.24, 2.45) is 0 Å². The maximum Gasteiger partial charge on any atom is 0.329 e. The number of carbonyl (C=O) groups excluding carboxylic acids is 2. The van der Waals surface area contributed by atoms with Gasteiger partial charge < -0.3 is 14.8 Å². The highest BCUT2D eigenvalue weighted by Crippen LogP contribution is 2.35. The minimum atomic E-state index is -0.450. The number of hydrogen-bond acceptors (Lipinski definition) is 4. The average molecular weight is 456 g/mol. The molecule has 6 nitrogen and oxygen atoms in total. The predicted octanol–water partition coefficient (Wildman–Crippen LogP) is 3.56. The molecular weight excluding hydrogens is 435 g/mol. The molecule has 0 unspecified atom stereocenters. The van der Waals surface area contributed by atoms with Gasteiger partial charge in [0.05, 0.1) is 16.8 Å². The molecule has 7 heteroatoms. The summed E-state index contributed by atoms with van der Waals surface area (Å²) in [6, 6.07) is 3.21. The molecule has 0 aromatic heterocycles. The van der Waals surface area contributed by atoms with Crippen LogP contribution in [0.5, 0.6) is 11.5 Å². The summed E-state index contributed by atoms with van der Waals surface area (Å²) in [6.07, 6.45) is 4.08. The van der Waals surface area contributed by atoms with Crippen LogP contribution >= 0.6 is 22.6 Å². The van der Waals surface area contributed by atoms with E-state index in [2.05, 4.69) is 34.5 Å².